The Morgan fingerprint density at radius 3 is 2.44 bits per heavy atom. The largest absolute Gasteiger partial charge is 0.469 e. The maximum atomic E-state index is 10.9. The van der Waals surface area contributed by atoms with Crippen LogP contribution in [0, 0.1) is 13.8 Å². The SMILES string of the molecule is COC(=O)CCNc1cc(C)c(Br)c(C)c1. The van der Waals surface area contributed by atoms with Gasteiger partial charge in [-0.2, -0.15) is 0 Å². The highest BCUT2D eigenvalue weighted by molar-refractivity contribution is 9.10. The monoisotopic (exact) mass is 285 g/mol. The van der Waals surface area contributed by atoms with Gasteiger partial charge in [0.1, 0.15) is 0 Å². The lowest BCUT2D eigenvalue weighted by atomic mass is 10.1. The summed E-state index contributed by atoms with van der Waals surface area (Å²) in [5, 5.41) is 3.20. The molecule has 1 aromatic carbocycles. The van der Waals surface area contributed by atoms with Crippen molar-refractivity contribution in [3.8, 4) is 0 Å². The molecule has 1 N–H and O–H groups in total. The fraction of sp³-hybridized carbons (Fsp3) is 0.417. The Morgan fingerprint density at radius 2 is 1.94 bits per heavy atom. The van der Waals surface area contributed by atoms with E-state index < -0.39 is 0 Å². The molecule has 1 rings (SSSR count). The molecule has 0 aliphatic carbocycles. The van der Waals surface area contributed by atoms with Crippen molar-refractivity contribution >= 4 is 27.6 Å². The minimum atomic E-state index is -0.196. The topological polar surface area (TPSA) is 38.3 Å². The van der Waals surface area contributed by atoms with Crippen molar-refractivity contribution in [1.29, 1.82) is 0 Å². The first-order chi connectivity index (χ1) is 7.54. The number of rotatable bonds is 4. The highest BCUT2D eigenvalue weighted by atomic mass is 79.9. The number of nitrogens with one attached hydrogen (secondary N) is 1. The van der Waals surface area contributed by atoms with Gasteiger partial charge in [0.25, 0.3) is 0 Å². The highest BCUT2D eigenvalue weighted by Crippen LogP contribution is 2.24. The molecule has 0 aliphatic rings. The molecule has 0 radical (unpaired) electrons. The van der Waals surface area contributed by atoms with E-state index in [1.807, 2.05) is 26.0 Å². The predicted molar refractivity (Wildman–Crippen MR) is 68.7 cm³/mol. The number of hydrogen-bond acceptors (Lipinski definition) is 3. The van der Waals surface area contributed by atoms with Gasteiger partial charge in [-0.25, -0.2) is 0 Å². The second kappa shape index (κ2) is 5.89. The maximum absolute atomic E-state index is 10.9. The van der Waals surface area contributed by atoms with Crippen molar-refractivity contribution in [2.75, 3.05) is 19.0 Å². The average molecular weight is 286 g/mol. The zero-order chi connectivity index (χ0) is 12.1. The normalized spacial score (nSPS) is 10.0. The Bertz CT molecular complexity index is 368. The van der Waals surface area contributed by atoms with Crippen molar-refractivity contribution in [2.24, 2.45) is 0 Å². The van der Waals surface area contributed by atoms with Crippen LogP contribution in [0.1, 0.15) is 17.5 Å². The molecule has 16 heavy (non-hydrogen) atoms. The van der Waals surface area contributed by atoms with Gasteiger partial charge in [-0.05, 0) is 37.1 Å². The third kappa shape index (κ3) is 3.52. The fourth-order valence-electron chi connectivity index (χ4n) is 1.46. The van der Waals surface area contributed by atoms with Crippen LogP contribution in [-0.4, -0.2) is 19.6 Å². The van der Waals surface area contributed by atoms with Crippen molar-refractivity contribution in [1.82, 2.24) is 0 Å². The lowest BCUT2D eigenvalue weighted by Crippen LogP contribution is -2.09. The minimum absolute atomic E-state index is 0.196. The quantitative estimate of drug-likeness (QED) is 0.865. The number of carbonyl (C=O) groups is 1. The van der Waals surface area contributed by atoms with E-state index in [0.717, 1.165) is 10.2 Å². The molecular weight excluding hydrogens is 270 g/mol. The number of benzene rings is 1. The van der Waals surface area contributed by atoms with Gasteiger partial charge in [0.05, 0.1) is 13.5 Å². The van der Waals surface area contributed by atoms with E-state index in [1.54, 1.807) is 0 Å². The summed E-state index contributed by atoms with van der Waals surface area (Å²) in [7, 11) is 1.40. The maximum Gasteiger partial charge on any atom is 0.307 e. The van der Waals surface area contributed by atoms with Crippen molar-refractivity contribution in [3.05, 3.63) is 27.7 Å². The summed E-state index contributed by atoms with van der Waals surface area (Å²) in [5.41, 5.74) is 3.39. The van der Waals surface area contributed by atoms with Crippen LogP contribution in [0.4, 0.5) is 5.69 Å². The van der Waals surface area contributed by atoms with Gasteiger partial charge in [-0.1, -0.05) is 15.9 Å². The van der Waals surface area contributed by atoms with Gasteiger partial charge in [0, 0.05) is 16.7 Å². The Balaban J connectivity index is 2.58. The average Bonchev–Trinajstić information content (AvgIpc) is 2.25. The van der Waals surface area contributed by atoms with E-state index in [-0.39, 0.29) is 5.97 Å². The van der Waals surface area contributed by atoms with Crippen LogP contribution >= 0.6 is 15.9 Å². The van der Waals surface area contributed by atoms with Gasteiger partial charge in [-0.3, -0.25) is 4.79 Å². The number of hydrogen-bond donors (Lipinski definition) is 1. The summed E-state index contributed by atoms with van der Waals surface area (Å²) in [6, 6.07) is 4.10. The molecule has 0 amide bonds. The summed E-state index contributed by atoms with van der Waals surface area (Å²) >= 11 is 3.51. The summed E-state index contributed by atoms with van der Waals surface area (Å²) in [4.78, 5) is 10.9. The van der Waals surface area contributed by atoms with E-state index in [2.05, 4.69) is 26.0 Å². The molecule has 0 aliphatic heterocycles. The van der Waals surface area contributed by atoms with E-state index in [4.69, 9.17) is 0 Å². The highest BCUT2D eigenvalue weighted by Gasteiger charge is 2.03. The summed E-state index contributed by atoms with van der Waals surface area (Å²) < 4.78 is 5.70. The molecular formula is C12H16BrNO2. The standard InChI is InChI=1S/C12H16BrNO2/c1-8-6-10(7-9(2)12(8)13)14-5-4-11(15)16-3/h6-7,14H,4-5H2,1-3H3. The van der Waals surface area contributed by atoms with E-state index in [0.29, 0.717) is 13.0 Å². The molecule has 3 nitrogen and oxygen atoms in total. The zero-order valence-electron chi connectivity index (χ0n) is 9.76. The molecule has 0 bridgehead atoms. The van der Waals surface area contributed by atoms with Crippen LogP contribution < -0.4 is 5.32 Å². The second-order valence-corrected chi connectivity index (χ2v) is 4.47. The van der Waals surface area contributed by atoms with Gasteiger partial charge in [0.2, 0.25) is 0 Å². The number of esters is 1. The van der Waals surface area contributed by atoms with Crippen LogP contribution in [0.15, 0.2) is 16.6 Å². The fourth-order valence-corrected chi connectivity index (χ4v) is 1.69. The molecule has 0 saturated carbocycles. The number of ether oxygens (including phenoxy) is 1. The second-order valence-electron chi connectivity index (χ2n) is 3.68. The van der Waals surface area contributed by atoms with Gasteiger partial charge >= 0.3 is 5.97 Å². The molecule has 88 valence electrons. The Labute approximate surface area is 104 Å². The molecule has 0 spiro atoms. The van der Waals surface area contributed by atoms with Crippen LogP contribution in [0.2, 0.25) is 0 Å². The molecule has 0 aromatic heterocycles. The Morgan fingerprint density at radius 1 is 1.38 bits per heavy atom. The first kappa shape index (κ1) is 13.0. The summed E-state index contributed by atoms with van der Waals surface area (Å²) in [6.45, 7) is 4.68. The molecule has 0 atom stereocenters. The van der Waals surface area contributed by atoms with Crippen LogP contribution in [-0.2, 0) is 9.53 Å². The van der Waals surface area contributed by atoms with Crippen molar-refractivity contribution in [3.63, 3.8) is 0 Å². The Hall–Kier alpha value is -1.03. The van der Waals surface area contributed by atoms with Gasteiger partial charge in [-0.15, -0.1) is 0 Å². The zero-order valence-corrected chi connectivity index (χ0v) is 11.3. The smallest absolute Gasteiger partial charge is 0.307 e. The number of methoxy groups -OCH3 is 1. The molecule has 0 saturated heterocycles. The third-order valence-corrected chi connectivity index (χ3v) is 3.57. The van der Waals surface area contributed by atoms with Crippen molar-refractivity contribution < 1.29 is 9.53 Å². The Kier molecular flexibility index (Phi) is 4.80. The van der Waals surface area contributed by atoms with Crippen LogP contribution in [0.3, 0.4) is 0 Å². The van der Waals surface area contributed by atoms with Crippen molar-refractivity contribution in [2.45, 2.75) is 20.3 Å². The molecule has 1 aromatic rings. The number of carbonyl (C=O) groups excluding carboxylic acids is 1. The van der Waals surface area contributed by atoms with Gasteiger partial charge in [0.15, 0.2) is 0 Å². The molecule has 4 heteroatoms. The number of anilines is 1. The molecule has 0 unspecified atom stereocenters. The summed E-state index contributed by atoms with van der Waals surface area (Å²) in [5.74, 6) is -0.196. The van der Waals surface area contributed by atoms with E-state index in [1.165, 1.54) is 18.2 Å². The number of aryl methyl sites for hydroxylation is 2. The van der Waals surface area contributed by atoms with E-state index >= 15 is 0 Å². The van der Waals surface area contributed by atoms with E-state index in [9.17, 15) is 4.79 Å². The first-order valence-electron chi connectivity index (χ1n) is 5.12. The molecule has 0 heterocycles. The lowest BCUT2D eigenvalue weighted by molar-refractivity contribution is -0.140. The van der Waals surface area contributed by atoms with Crippen LogP contribution in [0.5, 0.6) is 0 Å². The third-order valence-electron chi connectivity index (χ3n) is 2.32. The summed E-state index contributed by atoms with van der Waals surface area (Å²) in [6.07, 6.45) is 0.380. The first-order valence-corrected chi connectivity index (χ1v) is 5.91. The lowest BCUT2D eigenvalue weighted by Gasteiger charge is -2.10. The molecule has 0 fully saturated rings. The minimum Gasteiger partial charge on any atom is -0.469 e. The van der Waals surface area contributed by atoms with Crippen LogP contribution in [0.25, 0.3) is 0 Å². The van der Waals surface area contributed by atoms with Gasteiger partial charge < -0.3 is 10.1 Å². The number of halogens is 1. The predicted octanol–water partition coefficient (Wildman–Crippen LogP) is 3.04.